The average molecular weight is 364 g/mol. The van der Waals surface area contributed by atoms with Gasteiger partial charge in [0.2, 0.25) is 5.91 Å². The smallest absolute Gasteiger partial charge is 0.223 e. The largest absolute Gasteiger partial charge is 0.335 e. The second-order valence-electron chi connectivity index (χ2n) is 7.83. The Labute approximate surface area is 161 Å². The molecule has 0 N–H and O–H groups in total. The average Bonchev–Trinajstić information content (AvgIpc) is 3.50. The monoisotopic (exact) mass is 364 g/mol. The van der Waals surface area contributed by atoms with Crippen LogP contribution in [0.4, 0.5) is 0 Å². The molecule has 4 heteroatoms. The predicted octanol–water partition coefficient (Wildman–Crippen LogP) is 4.43. The Hall–Kier alpha value is -2.49. The van der Waals surface area contributed by atoms with Crippen LogP contribution in [-0.4, -0.2) is 27.6 Å². The highest BCUT2D eigenvalue weighted by Crippen LogP contribution is 2.29. The van der Waals surface area contributed by atoms with Crippen LogP contribution in [0.15, 0.2) is 48.8 Å². The Bertz CT molecular complexity index is 765. The highest BCUT2D eigenvalue weighted by atomic mass is 16.2. The second-order valence-corrected chi connectivity index (χ2v) is 7.83. The van der Waals surface area contributed by atoms with Crippen LogP contribution in [0.2, 0.25) is 0 Å². The Kier molecular flexibility index (Phi) is 6.38. The number of hydrogen-bond acceptors (Lipinski definition) is 3. The lowest BCUT2D eigenvalue weighted by Crippen LogP contribution is -2.32. The maximum absolute atomic E-state index is 12.7. The van der Waals surface area contributed by atoms with Crippen LogP contribution in [0.1, 0.15) is 61.0 Å². The van der Waals surface area contributed by atoms with Crippen molar-refractivity contribution >= 4 is 11.7 Å². The molecule has 1 aromatic carbocycles. The summed E-state index contributed by atoms with van der Waals surface area (Å²) in [6.45, 7) is 4.97. The molecule has 1 heterocycles. The molecule has 1 fully saturated rings. The van der Waals surface area contributed by atoms with Gasteiger partial charge in [0, 0.05) is 43.4 Å². The van der Waals surface area contributed by atoms with E-state index in [1.165, 1.54) is 5.56 Å². The van der Waals surface area contributed by atoms with Gasteiger partial charge >= 0.3 is 0 Å². The molecule has 0 spiro atoms. The summed E-state index contributed by atoms with van der Waals surface area (Å²) in [5.74, 6) is 0.705. The van der Waals surface area contributed by atoms with E-state index in [0.717, 1.165) is 24.8 Å². The van der Waals surface area contributed by atoms with Crippen molar-refractivity contribution in [3.63, 3.8) is 0 Å². The van der Waals surface area contributed by atoms with Gasteiger partial charge in [0.25, 0.3) is 0 Å². The van der Waals surface area contributed by atoms with Crippen molar-refractivity contribution in [1.82, 2.24) is 9.88 Å². The normalized spacial score (nSPS) is 13.6. The number of aromatic nitrogens is 1. The van der Waals surface area contributed by atoms with Crippen molar-refractivity contribution < 1.29 is 9.59 Å². The molecular weight excluding hydrogens is 336 g/mol. The van der Waals surface area contributed by atoms with Gasteiger partial charge in [0.15, 0.2) is 5.78 Å². The Balaban J connectivity index is 1.54. The van der Waals surface area contributed by atoms with Crippen LogP contribution in [0.25, 0.3) is 0 Å². The van der Waals surface area contributed by atoms with Crippen molar-refractivity contribution in [2.24, 2.45) is 5.92 Å². The molecule has 1 saturated carbocycles. The molecule has 4 nitrogen and oxygen atoms in total. The Morgan fingerprint density at radius 3 is 2.26 bits per heavy atom. The Morgan fingerprint density at radius 1 is 1.00 bits per heavy atom. The lowest BCUT2D eigenvalue weighted by molar-refractivity contribution is -0.132. The van der Waals surface area contributed by atoms with Crippen LogP contribution in [0, 0.1) is 5.92 Å². The number of rotatable bonds is 9. The first kappa shape index (κ1) is 19.3. The van der Waals surface area contributed by atoms with E-state index in [2.05, 4.69) is 18.8 Å². The van der Waals surface area contributed by atoms with Gasteiger partial charge in [0.05, 0.1) is 0 Å². The van der Waals surface area contributed by atoms with Crippen molar-refractivity contribution in [2.75, 3.05) is 0 Å². The summed E-state index contributed by atoms with van der Waals surface area (Å²) in [7, 11) is 0. The maximum atomic E-state index is 12.7. The highest BCUT2D eigenvalue weighted by molar-refractivity contribution is 5.98. The number of amides is 1. The van der Waals surface area contributed by atoms with Gasteiger partial charge in [-0.15, -0.1) is 0 Å². The van der Waals surface area contributed by atoms with E-state index in [9.17, 15) is 9.59 Å². The van der Waals surface area contributed by atoms with Crippen LogP contribution >= 0.6 is 0 Å². The van der Waals surface area contributed by atoms with Crippen LogP contribution in [-0.2, 0) is 17.8 Å². The number of pyridine rings is 1. The van der Waals surface area contributed by atoms with Crippen molar-refractivity contribution in [3.05, 3.63) is 65.5 Å². The highest BCUT2D eigenvalue weighted by Gasteiger charge is 2.32. The number of hydrogen-bond donors (Lipinski definition) is 0. The third-order valence-corrected chi connectivity index (χ3v) is 4.90. The number of carbonyl (C=O) groups is 2. The first-order chi connectivity index (χ1) is 13.0. The van der Waals surface area contributed by atoms with Gasteiger partial charge < -0.3 is 4.90 Å². The molecule has 27 heavy (non-hydrogen) atoms. The minimum atomic E-state index is 0.0408. The quantitative estimate of drug-likeness (QED) is 0.618. The summed E-state index contributed by atoms with van der Waals surface area (Å²) in [4.78, 5) is 31.1. The van der Waals surface area contributed by atoms with Crippen molar-refractivity contribution in [1.29, 1.82) is 0 Å². The number of ketones is 1. The van der Waals surface area contributed by atoms with E-state index in [0.29, 0.717) is 24.1 Å². The first-order valence-electron chi connectivity index (χ1n) is 9.83. The predicted molar refractivity (Wildman–Crippen MR) is 106 cm³/mol. The molecule has 3 rings (SSSR count). The van der Waals surface area contributed by atoms with Crippen molar-refractivity contribution in [3.8, 4) is 0 Å². The van der Waals surface area contributed by atoms with Gasteiger partial charge in [-0.25, -0.2) is 0 Å². The van der Waals surface area contributed by atoms with Gasteiger partial charge in [-0.2, -0.15) is 0 Å². The molecule has 1 aliphatic carbocycles. The molecule has 0 radical (unpaired) electrons. The summed E-state index contributed by atoms with van der Waals surface area (Å²) >= 11 is 0. The maximum Gasteiger partial charge on any atom is 0.223 e. The number of nitrogens with zero attached hydrogens (tertiary/aromatic N) is 2. The van der Waals surface area contributed by atoms with Gasteiger partial charge in [0.1, 0.15) is 0 Å². The van der Waals surface area contributed by atoms with Gasteiger partial charge in [-0.1, -0.05) is 38.1 Å². The fourth-order valence-corrected chi connectivity index (χ4v) is 3.30. The van der Waals surface area contributed by atoms with E-state index in [1.54, 1.807) is 12.4 Å². The number of Topliss-reactive ketones (excluding diaryl/α,β-unsaturated/α-hetero) is 1. The number of benzene rings is 1. The third-order valence-electron chi connectivity index (χ3n) is 4.90. The van der Waals surface area contributed by atoms with E-state index in [1.807, 2.05) is 41.3 Å². The molecule has 0 bridgehead atoms. The SMILES string of the molecule is CC(C)Cc1ccc(C(=O)CCC(=O)N(Cc2ccncc2)C2CC2)cc1. The molecular formula is C23H28N2O2. The lowest BCUT2D eigenvalue weighted by atomic mass is 9.99. The molecule has 2 aromatic rings. The topological polar surface area (TPSA) is 50.3 Å². The Morgan fingerprint density at radius 2 is 1.67 bits per heavy atom. The molecule has 0 aliphatic heterocycles. The second kappa shape index (κ2) is 8.94. The fraction of sp³-hybridized carbons (Fsp3) is 0.435. The summed E-state index contributed by atoms with van der Waals surface area (Å²) in [5, 5.41) is 0. The summed E-state index contributed by atoms with van der Waals surface area (Å²) in [6.07, 6.45) is 7.16. The van der Waals surface area contributed by atoms with E-state index in [-0.39, 0.29) is 24.5 Å². The van der Waals surface area contributed by atoms with Crippen molar-refractivity contribution in [2.45, 2.75) is 58.5 Å². The molecule has 142 valence electrons. The van der Waals surface area contributed by atoms with E-state index >= 15 is 0 Å². The number of carbonyl (C=O) groups excluding carboxylic acids is 2. The molecule has 1 amide bonds. The third kappa shape index (κ3) is 5.75. The standard InChI is InChI=1S/C23H28N2O2/c1-17(2)15-18-3-5-20(6-4-18)22(26)9-10-23(27)25(21-7-8-21)16-19-11-13-24-14-12-19/h3-6,11-14,17,21H,7-10,15-16H2,1-2H3. The van der Waals surface area contributed by atoms with Crippen LogP contribution in [0.3, 0.4) is 0 Å². The van der Waals surface area contributed by atoms with Crippen LogP contribution in [0.5, 0.6) is 0 Å². The van der Waals surface area contributed by atoms with Crippen LogP contribution < -0.4 is 0 Å². The fourth-order valence-electron chi connectivity index (χ4n) is 3.30. The zero-order chi connectivity index (χ0) is 19.2. The lowest BCUT2D eigenvalue weighted by Gasteiger charge is -2.22. The zero-order valence-corrected chi connectivity index (χ0v) is 16.2. The molecule has 0 atom stereocenters. The van der Waals surface area contributed by atoms with Gasteiger partial charge in [-0.3, -0.25) is 14.6 Å². The minimum Gasteiger partial charge on any atom is -0.335 e. The van der Waals surface area contributed by atoms with E-state index in [4.69, 9.17) is 0 Å². The van der Waals surface area contributed by atoms with Gasteiger partial charge in [-0.05, 0) is 48.4 Å². The molecule has 1 aliphatic rings. The minimum absolute atomic E-state index is 0.0408. The summed E-state index contributed by atoms with van der Waals surface area (Å²) in [6, 6.07) is 12.0. The summed E-state index contributed by atoms with van der Waals surface area (Å²) < 4.78 is 0. The van der Waals surface area contributed by atoms with E-state index < -0.39 is 0 Å². The molecule has 0 saturated heterocycles. The molecule has 1 aromatic heterocycles. The zero-order valence-electron chi connectivity index (χ0n) is 16.2. The molecule has 0 unspecified atom stereocenters. The first-order valence-corrected chi connectivity index (χ1v) is 9.83. The summed E-state index contributed by atoms with van der Waals surface area (Å²) in [5.41, 5.74) is 3.02.